The standard InChI is InChI=1S/C14H15BrF2O3/c1-20-12-8(7-9(16)10(15)11(12)17)14(13(18)19)5-3-2-4-6-14/h7H,2-6H2,1H3,(H,18,19). The molecule has 0 spiro atoms. The summed E-state index contributed by atoms with van der Waals surface area (Å²) in [6.45, 7) is 0. The molecule has 110 valence electrons. The van der Waals surface area contributed by atoms with E-state index in [1.54, 1.807) is 0 Å². The Morgan fingerprint density at radius 2 is 1.95 bits per heavy atom. The second-order valence-electron chi connectivity index (χ2n) is 5.02. The number of hydrogen-bond acceptors (Lipinski definition) is 2. The van der Waals surface area contributed by atoms with Crippen molar-refractivity contribution in [2.24, 2.45) is 0 Å². The first-order valence-electron chi connectivity index (χ1n) is 6.39. The molecule has 1 aliphatic carbocycles. The lowest BCUT2D eigenvalue weighted by Gasteiger charge is -2.34. The van der Waals surface area contributed by atoms with Gasteiger partial charge in [-0.2, -0.15) is 0 Å². The zero-order chi connectivity index (χ0) is 14.9. The minimum Gasteiger partial charge on any atom is -0.493 e. The average Bonchev–Trinajstić information content (AvgIpc) is 2.45. The molecular weight excluding hydrogens is 334 g/mol. The van der Waals surface area contributed by atoms with Gasteiger partial charge in [-0.15, -0.1) is 0 Å². The topological polar surface area (TPSA) is 46.5 Å². The van der Waals surface area contributed by atoms with Gasteiger partial charge in [-0.3, -0.25) is 4.79 Å². The van der Waals surface area contributed by atoms with Crippen LogP contribution in [0.4, 0.5) is 8.78 Å². The molecule has 2 rings (SSSR count). The maximum absolute atomic E-state index is 14.1. The highest BCUT2D eigenvalue weighted by atomic mass is 79.9. The highest BCUT2D eigenvalue weighted by Crippen LogP contribution is 2.46. The smallest absolute Gasteiger partial charge is 0.314 e. The van der Waals surface area contributed by atoms with E-state index in [9.17, 15) is 18.7 Å². The van der Waals surface area contributed by atoms with Crippen LogP contribution < -0.4 is 4.74 Å². The van der Waals surface area contributed by atoms with E-state index in [-0.39, 0.29) is 15.8 Å². The second kappa shape index (κ2) is 5.68. The van der Waals surface area contributed by atoms with E-state index in [1.807, 2.05) is 0 Å². The van der Waals surface area contributed by atoms with Gasteiger partial charge in [0.25, 0.3) is 0 Å². The van der Waals surface area contributed by atoms with Gasteiger partial charge in [-0.1, -0.05) is 19.3 Å². The third kappa shape index (κ3) is 2.30. The van der Waals surface area contributed by atoms with Gasteiger partial charge < -0.3 is 9.84 Å². The molecule has 1 fully saturated rings. The van der Waals surface area contributed by atoms with E-state index >= 15 is 0 Å². The van der Waals surface area contributed by atoms with E-state index in [0.717, 1.165) is 25.3 Å². The van der Waals surface area contributed by atoms with Gasteiger partial charge in [0.1, 0.15) is 5.82 Å². The molecule has 0 radical (unpaired) electrons. The van der Waals surface area contributed by atoms with Gasteiger partial charge in [-0.05, 0) is 34.8 Å². The summed E-state index contributed by atoms with van der Waals surface area (Å²) >= 11 is 2.81. The molecule has 6 heteroatoms. The van der Waals surface area contributed by atoms with Crippen LogP contribution in [-0.4, -0.2) is 18.2 Å². The first-order chi connectivity index (χ1) is 9.44. The van der Waals surface area contributed by atoms with Crippen molar-refractivity contribution < 1.29 is 23.4 Å². The molecule has 20 heavy (non-hydrogen) atoms. The fourth-order valence-electron chi connectivity index (χ4n) is 2.89. The Hall–Kier alpha value is -1.17. The molecular formula is C14H15BrF2O3. The molecule has 1 aromatic carbocycles. The van der Waals surface area contributed by atoms with Crippen LogP contribution in [0.3, 0.4) is 0 Å². The number of carboxylic acids is 1. The first-order valence-corrected chi connectivity index (χ1v) is 7.18. The van der Waals surface area contributed by atoms with Crippen LogP contribution in [-0.2, 0) is 10.2 Å². The molecule has 0 unspecified atom stereocenters. The quantitative estimate of drug-likeness (QED) is 0.839. The van der Waals surface area contributed by atoms with Crippen molar-refractivity contribution in [3.05, 3.63) is 27.7 Å². The Morgan fingerprint density at radius 1 is 1.35 bits per heavy atom. The number of carboxylic acid groups (broad SMARTS) is 1. The van der Waals surface area contributed by atoms with Crippen molar-refractivity contribution in [1.29, 1.82) is 0 Å². The Labute approximate surface area is 124 Å². The lowest BCUT2D eigenvalue weighted by Crippen LogP contribution is -2.38. The summed E-state index contributed by atoms with van der Waals surface area (Å²) in [5.74, 6) is -2.96. The van der Waals surface area contributed by atoms with Crippen LogP contribution in [0.1, 0.15) is 37.7 Å². The minimum atomic E-state index is -1.27. The predicted molar refractivity (Wildman–Crippen MR) is 73.0 cm³/mol. The molecule has 3 nitrogen and oxygen atoms in total. The van der Waals surface area contributed by atoms with Crippen molar-refractivity contribution in [2.45, 2.75) is 37.5 Å². The minimum absolute atomic E-state index is 0.0883. The van der Waals surface area contributed by atoms with E-state index in [0.29, 0.717) is 12.8 Å². The number of rotatable bonds is 3. The molecule has 0 aliphatic heterocycles. The predicted octanol–water partition coefficient (Wildman–Crippen LogP) is 4.02. The van der Waals surface area contributed by atoms with Gasteiger partial charge in [-0.25, -0.2) is 8.78 Å². The molecule has 1 saturated carbocycles. The zero-order valence-electron chi connectivity index (χ0n) is 11.0. The van der Waals surface area contributed by atoms with Gasteiger partial charge in [0.15, 0.2) is 11.6 Å². The summed E-state index contributed by atoms with van der Waals surface area (Å²) in [4.78, 5) is 11.7. The van der Waals surface area contributed by atoms with E-state index < -0.39 is 23.0 Å². The van der Waals surface area contributed by atoms with Crippen molar-refractivity contribution in [1.82, 2.24) is 0 Å². The summed E-state index contributed by atoms with van der Waals surface area (Å²) < 4.78 is 32.6. The lowest BCUT2D eigenvalue weighted by molar-refractivity contribution is -0.145. The summed E-state index contributed by atoms with van der Waals surface area (Å²) in [5.41, 5.74) is -1.18. The van der Waals surface area contributed by atoms with Crippen molar-refractivity contribution in [3.63, 3.8) is 0 Å². The lowest BCUT2D eigenvalue weighted by atomic mass is 9.69. The van der Waals surface area contributed by atoms with E-state index in [4.69, 9.17) is 4.74 Å². The van der Waals surface area contributed by atoms with Gasteiger partial charge in [0, 0.05) is 5.56 Å². The first kappa shape index (κ1) is 15.2. The summed E-state index contributed by atoms with van der Waals surface area (Å²) in [5, 5.41) is 9.60. The van der Waals surface area contributed by atoms with Crippen molar-refractivity contribution in [2.75, 3.05) is 7.11 Å². The van der Waals surface area contributed by atoms with Gasteiger partial charge in [0.05, 0.1) is 17.0 Å². The molecule has 1 N–H and O–H groups in total. The zero-order valence-corrected chi connectivity index (χ0v) is 12.6. The van der Waals surface area contributed by atoms with Crippen LogP contribution in [0.25, 0.3) is 0 Å². The Kier molecular flexibility index (Phi) is 4.32. The highest BCUT2D eigenvalue weighted by molar-refractivity contribution is 9.10. The van der Waals surface area contributed by atoms with Crippen LogP contribution in [0.2, 0.25) is 0 Å². The molecule has 0 heterocycles. The normalized spacial score (nSPS) is 17.8. The highest BCUT2D eigenvalue weighted by Gasteiger charge is 2.44. The number of methoxy groups -OCH3 is 1. The number of hydrogen-bond donors (Lipinski definition) is 1. The maximum Gasteiger partial charge on any atom is 0.314 e. The van der Waals surface area contributed by atoms with E-state index in [1.165, 1.54) is 7.11 Å². The number of halogens is 3. The van der Waals surface area contributed by atoms with E-state index in [2.05, 4.69) is 15.9 Å². The summed E-state index contributed by atoms with van der Waals surface area (Å²) in [7, 11) is 1.25. The molecule has 0 bridgehead atoms. The fourth-order valence-corrected chi connectivity index (χ4v) is 3.18. The molecule has 0 saturated heterocycles. The fraction of sp³-hybridized carbons (Fsp3) is 0.500. The molecule has 0 atom stereocenters. The molecule has 0 amide bonds. The van der Waals surface area contributed by atoms with Crippen LogP contribution in [0.15, 0.2) is 10.5 Å². The Balaban J connectivity index is 2.68. The summed E-state index contributed by atoms with van der Waals surface area (Å²) in [6.07, 6.45) is 3.08. The number of aliphatic carboxylic acids is 1. The average molecular weight is 349 g/mol. The van der Waals surface area contributed by atoms with Crippen molar-refractivity contribution in [3.8, 4) is 5.75 Å². The molecule has 1 aliphatic rings. The van der Waals surface area contributed by atoms with Crippen LogP contribution >= 0.6 is 15.9 Å². The number of ether oxygens (including phenoxy) is 1. The van der Waals surface area contributed by atoms with Crippen molar-refractivity contribution >= 4 is 21.9 Å². The molecule has 0 aromatic heterocycles. The maximum atomic E-state index is 14.1. The Bertz CT molecular complexity index is 540. The molecule has 1 aromatic rings. The third-order valence-electron chi connectivity index (χ3n) is 3.95. The van der Waals surface area contributed by atoms with Gasteiger partial charge >= 0.3 is 5.97 Å². The van der Waals surface area contributed by atoms with Crippen LogP contribution in [0, 0.1) is 11.6 Å². The number of benzene rings is 1. The Morgan fingerprint density at radius 3 is 2.45 bits per heavy atom. The SMILES string of the molecule is COc1c(C2(C(=O)O)CCCCC2)cc(F)c(Br)c1F. The monoisotopic (exact) mass is 348 g/mol. The van der Waals surface area contributed by atoms with Gasteiger partial charge in [0.2, 0.25) is 0 Å². The second-order valence-corrected chi connectivity index (χ2v) is 5.81. The summed E-state index contributed by atoms with van der Waals surface area (Å²) in [6, 6.07) is 1.07. The largest absolute Gasteiger partial charge is 0.493 e. The van der Waals surface area contributed by atoms with Crippen LogP contribution in [0.5, 0.6) is 5.75 Å². The third-order valence-corrected chi connectivity index (χ3v) is 4.68. The number of carbonyl (C=O) groups is 1.